The molecule has 1 heterocycles. The number of carboxylic acid groups (broad SMARTS) is 1. The highest BCUT2D eigenvalue weighted by Crippen LogP contribution is 2.74. The minimum atomic E-state index is -1.50. The molecule has 9 atom stereocenters. The topological polar surface area (TPSA) is 87.0 Å². The predicted octanol–water partition coefficient (Wildman–Crippen LogP) is 6.32. The van der Waals surface area contributed by atoms with Gasteiger partial charge in [-0.05, 0) is 119 Å². The maximum absolute atomic E-state index is 11.6. The molecule has 35 heavy (non-hydrogen) atoms. The standard InChI is InChI=1S/C30H50O5/c1-19(2)20-11-16-28(7)23(26(20,5)14-13-24(31)32)10-9-21-22(12-15-27(21,28)6)29(8)17-18-30(34,35-29)25(3,4)33/h20-23,33-34H,1,9-18H2,2-8H3,(H,31,32). The quantitative estimate of drug-likeness (QED) is 0.379. The van der Waals surface area contributed by atoms with Crippen LogP contribution in [0.4, 0.5) is 0 Å². The average molecular weight is 491 g/mol. The Labute approximate surface area is 212 Å². The van der Waals surface area contributed by atoms with E-state index in [2.05, 4.69) is 41.2 Å². The van der Waals surface area contributed by atoms with Crippen LogP contribution in [0.15, 0.2) is 12.2 Å². The highest BCUT2D eigenvalue weighted by Gasteiger charge is 2.69. The first-order valence-corrected chi connectivity index (χ1v) is 14.0. The molecule has 3 N–H and O–H groups in total. The van der Waals surface area contributed by atoms with Gasteiger partial charge in [-0.1, -0.05) is 32.9 Å². The van der Waals surface area contributed by atoms with Gasteiger partial charge in [0.05, 0.1) is 5.60 Å². The number of carbonyl (C=O) groups is 1. The zero-order valence-corrected chi connectivity index (χ0v) is 23.2. The lowest BCUT2D eigenvalue weighted by Crippen LogP contribution is -2.60. The first-order valence-electron chi connectivity index (χ1n) is 14.0. The third-order valence-corrected chi connectivity index (χ3v) is 12.2. The Morgan fingerprint density at radius 3 is 2.14 bits per heavy atom. The van der Waals surface area contributed by atoms with Crippen LogP contribution in [-0.4, -0.2) is 38.3 Å². The lowest BCUT2D eigenvalue weighted by Gasteiger charge is -2.66. The molecule has 4 fully saturated rings. The molecule has 0 aromatic rings. The Kier molecular flexibility index (Phi) is 6.43. The minimum Gasteiger partial charge on any atom is -0.481 e. The second-order valence-electron chi connectivity index (χ2n) is 14.3. The van der Waals surface area contributed by atoms with E-state index in [1.807, 2.05) is 0 Å². The van der Waals surface area contributed by atoms with E-state index in [0.29, 0.717) is 36.5 Å². The number of hydrogen-bond acceptors (Lipinski definition) is 4. The van der Waals surface area contributed by atoms with Crippen molar-refractivity contribution < 1.29 is 24.9 Å². The monoisotopic (exact) mass is 490 g/mol. The Balaban J connectivity index is 1.66. The lowest BCUT2D eigenvalue weighted by atomic mass is 9.38. The SMILES string of the molecule is C=C(C)C1CCC2(C)C(CCC3C(C4(C)CCC(O)(C(C)(C)O)O4)CCC32C)C1(C)CCC(=O)O. The molecule has 1 saturated heterocycles. The summed E-state index contributed by atoms with van der Waals surface area (Å²) in [6, 6.07) is 0. The van der Waals surface area contributed by atoms with Crippen LogP contribution < -0.4 is 0 Å². The molecule has 5 nitrogen and oxygen atoms in total. The highest BCUT2D eigenvalue weighted by molar-refractivity contribution is 5.66. The minimum absolute atomic E-state index is 0.0573. The van der Waals surface area contributed by atoms with Gasteiger partial charge in [-0.3, -0.25) is 4.79 Å². The van der Waals surface area contributed by atoms with Crippen molar-refractivity contribution in [3.63, 3.8) is 0 Å². The average Bonchev–Trinajstić information content (AvgIpc) is 3.25. The van der Waals surface area contributed by atoms with Gasteiger partial charge in [0.1, 0.15) is 5.60 Å². The van der Waals surface area contributed by atoms with Crippen molar-refractivity contribution in [1.29, 1.82) is 0 Å². The van der Waals surface area contributed by atoms with E-state index in [-0.39, 0.29) is 22.7 Å². The fraction of sp³-hybridized carbons (Fsp3) is 0.900. The zero-order chi connectivity index (χ0) is 26.2. The number of allylic oxidation sites excluding steroid dienone is 1. The van der Waals surface area contributed by atoms with Crippen LogP contribution in [-0.2, 0) is 9.53 Å². The maximum atomic E-state index is 11.6. The van der Waals surface area contributed by atoms with E-state index < -0.39 is 23.0 Å². The summed E-state index contributed by atoms with van der Waals surface area (Å²) in [6.07, 6.45) is 8.84. The molecule has 200 valence electrons. The molecule has 0 radical (unpaired) electrons. The highest BCUT2D eigenvalue weighted by atomic mass is 16.7. The first kappa shape index (κ1) is 27.1. The van der Waals surface area contributed by atoms with Crippen molar-refractivity contribution in [3.05, 3.63) is 12.2 Å². The molecular weight excluding hydrogens is 440 g/mol. The Hall–Kier alpha value is -0.910. The van der Waals surface area contributed by atoms with Crippen molar-refractivity contribution >= 4 is 5.97 Å². The number of ether oxygens (including phenoxy) is 1. The molecule has 4 rings (SSSR count). The Bertz CT molecular complexity index is 876. The summed E-state index contributed by atoms with van der Waals surface area (Å²) >= 11 is 0. The van der Waals surface area contributed by atoms with Crippen LogP contribution in [0.1, 0.15) is 113 Å². The van der Waals surface area contributed by atoms with Gasteiger partial charge >= 0.3 is 5.97 Å². The summed E-state index contributed by atoms with van der Waals surface area (Å²) in [7, 11) is 0. The van der Waals surface area contributed by atoms with Crippen LogP contribution in [0.2, 0.25) is 0 Å². The van der Waals surface area contributed by atoms with E-state index in [1.54, 1.807) is 13.8 Å². The smallest absolute Gasteiger partial charge is 0.303 e. The first-order chi connectivity index (χ1) is 15.9. The number of rotatable bonds is 6. The number of aliphatic hydroxyl groups is 2. The number of carboxylic acids is 1. The van der Waals surface area contributed by atoms with Gasteiger partial charge in [0, 0.05) is 12.8 Å². The van der Waals surface area contributed by atoms with Crippen LogP contribution in [0.25, 0.3) is 0 Å². The molecule has 9 unspecified atom stereocenters. The second kappa shape index (κ2) is 8.30. The molecule has 0 amide bonds. The predicted molar refractivity (Wildman–Crippen MR) is 138 cm³/mol. The fourth-order valence-electron chi connectivity index (χ4n) is 9.97. The maximum Gasteiger partial charge on any atom is 0.303 e. The van der Waals surface area contributed by atoms with Gasteiger partial charge in [0.2, 0.25) is 0 Å². The number of fused-ring (bicyclic) bond motifs is 3. The van der Waals surface area contributed by atoms with Crippen LogP contribution in [0, 0.1) is 39.9 Å². The van der Waals surface area contributed by atoms with Crippen molar-refractivity contribution in [2.75, 3.05) is 0 Å². The molecule has 0 aromatic carbocycles. The third-order valence-electron chi connectivity index (χ3n) is 12.2. The van der Waals surface area contributed by atoms with E-state index >= 15 is 0 Å². The summed E-state index contributed by atoms with van der Waals surface area (Å²) in [5, 5.41) is 31.3. The van der Waals surface area contributed by atoms with E-state index in [9.17, 15) is 20.1 Å². The molecule has 0 bridgehead atoms. The molecule has 3 aliphatic carbocycles. The van der Waals surface area contributed by atoms with Gasteiger partial charge in [-0.25, -0.2) is 0 Å². The van der Waals surface area contributed by atoms with Crippen molar-refractivity contribution in [1.82, 2.24) is 0 Å². The summed E-state index contributed by atoms with van der Waals surface area (Å²) in [4.78, 5) is 11.6. The zero-order valence-electron chi connectivity index (χ0n) is 23.2. The van der Waals surface area contributed by atoms with Gasteiger partial charge in [-0.15, -0.1) is 0 Å². The number of hydrogen-bond donors (Lipinski definition) is 3. The molecule has 3 saturated carbocycles. The van der Waals surface area contributed by atoms with Gasteiger partial charge in [0.15, 0.2) is 5.79 Å². The molecule has 5 heteroatoms. The summed E-state index contributed by atoms with van der Waals surface area (Å²) in [6.45, 7) is 19.3. The third kappa shape index (κ3) is 3.85. The van der Waals surface area contributed by atoms with Crippen molar-refractivity contribution in [2.24, 2.45) is 39.9 Å². The molecule has 0 spiro atoms. The number of aliphatic carboxylic acids is 1. The van der Waals surface area contributed by atoms with Crippen molar-refractivity contribution in [3.8, 4) is 0 Å². The van der Waals surface area contributed by atoms with Crippen LogP contribution in [0.5, 0.6) is 0 Å². The summed E-state index contributed by atoms with van der Waals surface area (Å²) in [5.74, 6) is -0.513. The lowest BCUT2D eigenvalue weighted by molar-refractivity contribution is -0.305. The van der Waals surface area contributed by atoms with E-state index in [1.165, 1.54) is 5.57 Å². The molecule has 0 aromatic heterocycles. The van der Waals surface area contributed by atoms with Gasteiger partial charge in [-0.2, -0.15) is 0 Å². The molecular formula is C30H50O5. The molecule has 1 aliphatic heterocycles. The fourth-order valence-corrected chi connectivity index (χ4v) is 9.97. The van der Waals surface area contributed by atoms with Crippen molar-refractivity contribution in [2.45, 2.75) is 130 Å². The Morgan fingerprint density at radius 1 is 0.971 bits per heavy atom. The largest absolute Gasteiger partial charge is 0.481 e. The Morgan fingerprint density at radius 2 is 1.60 bits per heavy atom. The van der Waals surface area contributed by atoms with Gasteiger partial charge < -0.3 is 20.1 Å². The van der Waals surface area contributed by atoms with E-state index in [4.69, 9.17) is 4.74 Å². The van der Waals surface area contributed by atoms with E-state index in [0.717, 1.165) is 44.9 Å². The summed E-state index contributed by atoms with van der Waals surface area (Å²) < 4.78 is 6.43. The molecule has 4 aliphatic rings. The normalized spacial score (nSPS) is 50.0. The second-order valence-corrected chi connectivity index (χ2v) is 14.3. The summed E-state index contributed by atoms with van der Waals surface area (Å²) in [5.41, 5.74) is -0.323. The van der Waals surface area contributed by atoms with Gasteiger partial charge in [0.25, 0.3) is 0 Å². The van der Waals surface area contributed by atoms with Crippen LogP contribution >= 0.6 is 0 Å². The van der Waals surface area contributed by atoms with Crippen LogP contribution in [0.3, 0.4) is 0 Å².